The highest BCUT2D eigenvalue weighted by molar-refractivity contribution is 7.39. The molecule has 1 aromatic rings. The van der Waals surface area contributed by atoms with Gasteiger partial charge in [-0.2, -0.15) is 0 Å². The molecule has 0 amide bonds. The summed E-state index contributed by atoms with van der Waals surface area (Å²) in [5, 5.41) is 0. The van der Waals surface area contributed by atoms with E-state index in [1.54, 1.807) is 0 Å². The van der Waals surface area contributed by atoms with E-state index in [-0.39, 0.29) is 0 Å². The van der Waals surface area contributed by atoms with E-state index in [2.05, 4.69) is 14.0 Å². The normalized spacial score (nSPS) is 9.18. The summed E-state index contributed by atoms with van der Waals surface area (Å²) < 4.78 is 4.65. The van der Waals surface area contributed by atoms with Gasteiger partial charge in [0.05, 0.1) is 9.24 Å². The fraction of sp³-hybridized carbons (Fsp3) is 0.125. The van der Waals surface area contributed by atoms with Gasteiger partial charge in [0.15, 0.2) is 0 Å². The highest BCUT2D eigenvalue weighted by Crippen LogP contribution is 2.02. The zero-order valence-corrected chi connectivity index (χ0v) is 6.75. The van der Waals surface area contributed by atoms with Gasteiger partial charge in [-0.05, 0) is 5.56 Å². The maximum Gasteiger partial charge on any atom is 0.337 e. The molecule has 2 nitrogen and oxygen atoms in total. The fourth-order valence-electron chi connectivity index (χ4n) is 0.719. The summed E-state index contributed by atoms with van der Waals surface area (Å²) in [7, 11) is 3.47. The van der Waals surface area contributed by atoms with Gasteiger partial charge in [-0.3, -0.25) is 0 Å². The van der Waals surface area contributed by atoms with Gasteiger partial charge in [0.2, 0.25) is 0 Å². The largest absolute Gasteiger partial charge is 0.457 e. The fourth-order valence-corrected chi connectivity index (χ4v) is 0.784. The first-order valence-electron chi connectivity index (χ1n) is 3.18. The number of hydrogen-bond donors (Lipinski definition) is 0. The zero-order chi connectivity index (χ0) is 8.10. The number of ether oxygens (including phenoxy) is 1. The van der Waals surface area contributed by atoms with Crippen LogP contribution in [0.25, 0.3) is 0 Å². The molecule has 3 heteroatoms. The summed E-state index contributed by atoms with van der Waals surface area (Å²) >= 11 is 0. The number of carbonyl (C=O) groups is 1. The summed E-state index contributed by atoms with van der Waals surface area (Å²) in [6.45, 7) is 0.295. The molecule has 0 unspecified atom stereocenters. The van der Waals surface area contributed by atoms with Gasteiger partial charge in [0.25, 0.3) is 0 Å². The Labute approximate surface area is 67.8 Å². The van der Waals surface area contributed by atoms with Crippen molar-refractivity contribution in [2.45, 2.75) is 6.61 Å². The van der Waals surface area contributed by atoms with Gasteiger partial charge >= 0.3 is 5.71 Å². The van der Waals surface area contributed by atoms with Crippen molar-refractivity contribution in [3.05, 3.63) is 35.9 Å². The van der Waals surface area contributed by atoms with Gasteiger partial charge in [0, 0.05) is 0 Å². The molecule has 1 aromatic carbocycles. The lowest BCUT2D eigenvalue weighted by Gasteiger charge is -1.99. The molecule has 56 valence electrons. The van der Waals surface area contributed by atoms with Crippen LogP contribution in [0.15, 0.2) is 30.3 Å². The lowest BCUT2D eigenvalue weighted by molar-refractivity contribution is 0.168. The first-order valence-corrected chi connectivity index (χ1v) is 3.63. The number of carbonyl (C=O) groups excluding carboxylic acids is 1. The van der Waals surface area contributed by atoms with E-state index in [1.165, 1.54) is 0 Å². The van der Waals surface area contributed by atoms with Gasteiger partial charge in [0.1, 0.15) is 6.61 Å². The molecule has 0 bridgehead atoms. The molecular weight excluding hydrogens is 159 g/mol. The first-order chi connectivity index (χ1) is 5.29. The third-order valence-electron chi connectivity index (χ3n) is 1.21. The Morgan fingerprint density at radius 3 is 2.55 bits per heavy atom. The summed E-state index contributed by atoms with van der Waals surface area (Å²) in [4.78, 5) is 10.3. The van der Waals surface area contributed by atoms with Crippen molar-refractivity contribution in [2.24, 2.45) is 0 Å². The van der Waals surface area contributed by atoms with Crippen LogP contribution >= 0.6 is 9.24 Å². The quantitative estimate of drug-likeness (QED) is 0.631. The highest BCUT2D eigenvalue weighted by Gasteiger charge is 1.94. The van der Waals surface area contributed by atoms with E-state index in [0.717, 1.165) is 5.56 Å². The second kappa shape index (κ2) is 4.09. The Kier molecular flexibility index (Phi) is 3.06. The number of benzene rings is 1. The van der Waals surface area contributed by atoms with Gasteiger partial charge in [-0.25, -0.2) is 4.79 Å². The Morgan fingerprint density at radius 1 is 1.36 bits per heavy atom. The maximum atomic E-state index is 10.3. The van der Waals surface area contributed by atoms with Crippen LogP contribution in [0, 0.1) is 0 Å². The molecule has 0 aliphatic heterocycles. The smallest absolute Gasteiger partial charge is 0.337 e. The van der Waals surface area contributed by atoms with Crippen molar-refractivity contribution in [2.75, 3.05) is 0 Å². The molecule has 0 N–H and O–H groups in total. The molecule has 0 saturated carbocycles. The summed E-state index contributed by atoms with van der Waals surface area (Å²) in [5.41, 5.74) is 0.420. The third kappa shape index (κ3) is 3.15. The molecule has 0 aliphatic carbocycles. The number of hydrogen-bond acceptors (Lipinski definition) is 2. The van der Waals surface area contributed by atoms with Crippen LogP contribution in [0.1, 0.15) is 5.56 Å². The molecule has 0 saturated heterocycles. The molecule has 2 radical (unpaired) electrons. The second-order valence-electron chi connectivity index (χ2n) is 2.04. The van der Waals surface area contributed by atoms with Crippen molar-refractivity contribution < 1.29 is 9.53 Å². The average Bonchev–Trinajstić information content (AvgIpc) is 2.03. The Hall–Kier alpha value is -0.880. The number of rotatable bonds is 2. The standard InChI is InChI=1S/C8H7O2P/c9-8(11)10-6-7-4-2-1-3-5-7/h1-5H,6H2. The highest BCUT2D eigenvalue weighted by atomic mass is 31.0. The Balaban J connectivity index is 2.45. The molecular formula is C8H7O2P. The third-order valence-corrected chi connectivity index (χ3v) is 1.33. The Morgan fingerprint density at radius 2 is 2.00 bits per heavy atom. The predicted octanol–water partition coefficient (Wildman–Crippen LogP) is 2.73. The molecule has 0 spiro atoms. The van der Waals surface area contributed by atoms with Crippen LogP contribution in [0.2, 0.25) is 0 Å². The minimum absolute atomic E-state index is 0.295. The maximum absolute atomic E-state index is 10.3. The van der Waals surface area contributed by atoms with Crippen LogP contribution in [0.5, 0.6) is 0 Å². The molecule has 11 heavy (non-hydrogen) atoms. The molecule has 0 aromatic heterocycles. The van der Waals surface area contributed by atoms with E-state index in [1.807, 2.05) is 30.3 Å². The summed E-state index contributed by atoms with van der Waals surface area (Å²) in [5.74, 6) is 0. The van der Waals surface area contributed by atoms with Gasteiger partial charge < -0.3 is 4.74 Å². The van der Waals surface area contributed by atoms with Crippen LogP contribution in [0.4, 0.5) is 4.79 Å². The van der Waals surface area contributed by atoms with E-state index >= 15 is 0 Å². The minimum atomic E-state index is -0.547. The summed E-state index contributed by atoms with van der Waals surface area (Å²) in [6, 6.07) is 9.46. The topological polar surface area (TPSA) is 26.3 Å². The Bertz CT molecular complexity index is 233. The van der Waals surface area contributed by atoms with E-state index in [0.29, 0.717) is 6.61 Å². The van der Waals surface area contributed by atoms with Crippen molar-refractivity contribution in [3.8, 4) is 0 Å². The minimum Gasteiger partial charge on any atom is -0.457 e. The van der Waals surface area contributed by atoms with Crippen LogP contribution in [-0.4, -0.2) is 5.71 Å². The molecule has 0 atom stereocenters. The lowest BCUT2D eigenvalue weighted by atomic mass is 10.2. The SMILES string of the molecule is O=C([P])OCc1ccccc1. The monoisotopic (exact) mass is 166 g/mol. The van der Waals surface area contributed by atoms with Crippen LogP contribution in [0.3, 0.4) is 0 Å². The molecule has 0 fully saturated rings. The summed E-state index contributed by atoms with van der Waals surface area (Å²) in [6.07, 6.45) is 0. The lowest BCUT2D eigenvalue weighted by Crippen LogP contribution is -1.93. The first kappa shape index (κ1) is 8.22. The molecule has 0 heterocycles. The van der Waals surface area contributed by atoms with Crippen molar-refractivity contribution in [1.29, 1.82) is 0 Å². The molecule has 1 rings (SSSR count). The predicted molar refractivity (Wildman–Crippen MR) is 43.5 cm³/mol. The average molecular weight is 166 g/mol. The van der Waals surface area contributed by atoms with E-state index in [9.17, 15) is 4.79 Å². The van der Waals surface area contributed by atoms with Gasteiger partial charge in [-0.15, -0.1) is 0 Å². The van der Waals surface area contributed by atoms with Crippen molar-refractivity contribution in [3.63, 3.8) is 0 Å². The van der Waals surface area contributed by atoms with Crippen LogP contribution < -0.4 is 0 Å². The van der Waals surface area contributed by atoms with Gasteiger partial charge in [-0.1, -0.05) is 30.3 Å². The van der Waals surface area contributed by atoms with Crippen molar-refractivity contribution >= 4 is 15.0 Å². The van der Waals surface area contributed by atoms with E-state index < -0.39 is 5.71 Å². The second-order valence-corrected chi connectivity index (χ2v) is 2.41. The zero-order valence-electron chi connectivity index (χ0n) is 5.86. The van der Waals surface area contributed by atoms with Crippen LogP contribution in [-0.2, 0) is 11.3 Å². The molecule has 0 aliphatic rings. The van der Waals surface area contributed by atoms with Crippen molar-refractivity contribution in [1.82, 2.24) is 0 Å². The van der Waals surface area contributed by atoms with E-state index in [4.69, 9.17) is 0 Å².